The summed E-state index contributed by atoms with van der Waals surface area (Å²) in [6, 6.07) is 24.9. The summed E-state index contributed by atoms with van der Waals surface area (Å²) in [6.07, 6.45) is 0.223. The number of nitrogens with zero attached hydrogens (tertiary/aromatic N) is 3. The maximum absolute atomic E-state index is 12.8. The first-order valence-corrected chi connectivity index (χ1v) is 11.2. The summed E-state index contributed by atoms with van der Waals surface area (Å²) < 4.78 is 5.42. The zero-order chi connectivity index (χ0) is 23.5. The number of carbonyl (C=O) groups is 2. The molecule has 4 aromatic rings. The molecule has 7 heteroatoms. The molecule has 0 unspecified atom stereocenters. The Hall–Kier alpha value is -4.26. The Kier molecular flexibility index (Phi) is 5.91. The molecule has 0 bridgehead atoms. The smallest absolute Gasteiger partial charge is 0.258 e. The van der Waals surface area contributed by atoms with Gasteiger partial charge in [0.05, 0.1) is 5.92 Å². The van der Waals surface area contributed by atoms with Crippen LogP contribution in [0.4, 0.5) is 5.69 Å². The van der Waals surface area contributed by atoms with Crippen LogP contribution in [0.25, 0.3) is 22.8 Å². The zero-order valence-corrected chi connectivity index (χ0v) is 18.8. The van der Waals surface area contributed by atoms with Gasteiger partial charge in [-0.1, -0.05) is 65.3 Å². The number of nitrogens with one attached hydrogen (secondary N) is 1. The Balaban J connectivity index is 1.20. The van der Waals surface area contributed by atoms with Crippen molar-refractivity contribution < 1.29 is 14.1 Å². The lowest BCUT2D eigenvalue weighted by Crippen LogP contribution is -2.28. The molecule has 0 radical (unpaired) electrons. The lowest BCUT2D eigenvalue weighted by Gasteiger charge is -2.16. The number of aryl methyl sites for hydroxylation is 1. The van der Waals surface area contributed by atoms with E-state index in [4.69, 9.17) is 4.52 Å². The van der Waals surface area contributed by atoms with Crippen LogP contribution in [0.5, 0.6) is 0 Å². The minimum atomic E-state index is -0.371. The predicted octanol–water partition coefficient (Wildman–Crippen LogP) is 4.70. The number of amides is 2. The molecule has 0 spiro atoms. The predicted molar refractivity (Wildman–Crippen MR) is 129 cm³/mol. The minimum Gasteiger partial charge on any atom is -0.338 e. The van der Waals surface area contributed by atoms with E-state index in [1.807, 2.05) is 73.7 Å². The van der Waals surface area contributed by atoms with E-state index in [1.54, 1.807) is 17.0 Å². The van der Waals surface area contributed by atoms with Gasteiger partial charge in [0.15, 0.2) is 0 Å². The van der Waals surface area contributed by atoms with Gasteiger partial charge in [-0.3, -0.25) is 9.59 Å². The topological polar surface area (TPSA) is 88.3 Å². The van der Waals surface area contributed by atoms with E-state index in [2.05, 4.69) is 15.5 Å². The molecule has 5 rings (SSSR count). The number of benzene rings is 3. The average molecular weight is 453 g/mol. The van der Waals surface area contributed by atoms with E-state index in [0.717, 1.165) is 22.3 Å². The summed E-state index contributed by atoms with van der Waals surface area (Å²) in [6.45, 7) is 2.96. The van der Waals surface area contributed by atoms with Crippen LogP contribution < -0.4 is 5.32 Å². The average Bonchev–Trinajstić information content (AvgIpc) is 3.48. The molecule has 0 saturated carbocycles. The lowest BCUT2D eigenvalue weighted by molar-refractivity contribution is -0.128. The van der Waals surface area contributed by atoms with E-state index in [-0.39, 0.29) is 24.2 Å². The zero-order valence-electron chi connectivity index (χ0n) is 18.8. The van der Waals surface area contributed by atoms with Crippen LogP contribution in [0.1, 0.15) is 17.5 Å². The van der Waals surface area contributed by atoms with Crippen molar-refractivity contribution in [3.63, 3.8) is 0 Å². The molecule has 7 nitrogen and oxygen atoms in total. The Morgan fingerprint density at radius 1 is 1.00 bits per heavy atom. The highest BCUT2D eigenvalue weighted by atomic mass is 16.5. The molecule has 34 heavy (non-hydrogen) atoms. The maximum atomic E-state index is 12.8. The van der Waals surface area contributed by atoms with Gasteiger partial charge in [0.25, 0.3) is 5.89 Å². The summed E-state index contributed by atoms with van der Waals surface area (Å²) in [7, 11) is 0. The molecular weight excluding hydrogens is 428 g/mol. The molecule has 1 saturated heterocycles. The lowest BCUT2D eigenvalue weighted by atomic mass is 10.1. The highest BCUT2D eigenvalue weighted by Crippen LogP contribution is 2.25. The van der Waals surface area contributed by atoms with Gasteiger partial charge in [-0.05, 0) is 36.8 Å². The van der Waals surface area contributed by atoms with E-state index >= 15 is 0 Å². The quantitative estimate of drug-likeness (QED) is 0.458. The molecule has 1 aliphatic heterocycles. The number of hydrogen-bond donors (Lipinski definition) is 1. The molecule has 1 aliphatic rings. The van der Waals surface area contributed by atoms with Crippen molar-refractivity contribution in [2.75, 3.05) is 11.9 Å². The first kappa shape index (κ1) is 21.6. The van der Waals surface area contributed by atoms with Crippen LogP contribution in [0.15, 0.2) is 83.4 Å². The number of carbonyl (C=O) groups excluding carboxylic acids is 2. The first-order chi connectivity index (χ1) is 16.5. The second kappa shape index (κ2) is 9.31. The summed E-state index contributed by atoms with van der Waals surface area (Å²) in [5.74, 6) is 0.407. The number of likely N-dealkylation sites (tertiary alicyclic amines) is 1. The number of anilines is 1. The molecule has 0 aliphatic carbocycles. The third kappa shape index (κ3) is 4.73. The van der Waals surface area contributed by atoms with Crippen molar-refractivity contribution in [2.24, 2.45) is 5.92 Å². The second-order valence-electron chi connectivity index (χ2n) is 8.52. The van der Waals surface area contributed by atoms with Gasteiger partial charge in [0.2, 0.25) is 17.6 Å². The van der Waals surface area contributed by atoms with Crippen molar-refractivity contribution in [1.82, 2.24) is 15.0 Å². The molecule has 2 heterocycles. The highest BCUT2D eigenvalue weighted by Gasteiger charge is 2.34. The van der Waals surface area contributed by atoms with Crippen molar-refractivity contribution in [1.29, 1.82) is 0 Å². The molecule has 1 aromatic heterocycles. The van der Waals surface area contributed by atoms with Gasteiger partial charge in [0.1, 0.15) is 0 Å². The van der Waals surface area contributed by atoms with Crippen LogP contribution in [0.3, 0.4) is 0 Å². The van der Waals surface area contributed by atoms with Crippen LogP contribution in [0, 0.1) is 12.8 Å². The fourth-order valence-corrected chi connectivity index (χ4v) is 4.01. The Morgan fingerprint density at radius 3 is 2.44 bits per heavy atom. The summed E-state index contributed by atoms with van der Waals surface area (Å²) >= 11 is 0. The Labute approximate surface area is 197 Å². The molecular formula is C27H24N4O3. The van der Waals surface area contributed by atoms with Gasteiger partial charge in [0, 0.05) is 36.3 Å². The fourth-order valence-electron chi connectivity index (χ4n) is 4.01. The van der Waals surface area contributed by atoms with Crippen molar-refractivity contribution in [3.05, 3.63) is 90.0 Å². The standard InChI is InChI=1S/C27H24N4O3/c1-18-7-9-20(10-8-18)25-29-27(34-30-25)21-11-13-23(14-12-21)28-26(33)22-15-24(32)31(17-22)16-19-5-3-2-4-6-19/h2-14,22H,15-17H2,1H3,(H,28,33)/t22-/m0/s1. The van der Waals surface area contributed by atoms with E-state index in [0.29, 0.717) is 30.5 Å². The number of rotatable bonds is 6. The van der Waals surface area contributed by atoms with Crippen LogP contribution in [-0.4, -0.2) is 33.4 Å². The van der Waals surface area contributed by atoms with E-state index < -0.39 is 0 Å². The van der Waals surface area contributed by atoms with Gasteiger partial charge in [-0.25, -0.2) is 0 Å². The Bertz CT molecular complexity index is 1300. The largest absolute Gasteiger partial charge is 0.338 e. The third-order valence-corrected chi connectivity index (χ3v) is 5.94. The molecule has 2 amide bonds. The van der Waals surface area contributed by atoms with E-state index in [1.165, 1.54) is 0 Å². The SMILES string of the molecule is Cc1ccc(-c2noc(-c3ccc(NC(=O)[C@H]4CC(=O)N(Cc5ccccc5)C4)cc3)n2)cc1. The first-order valence-electron chi connectivity index (χ1n) is 11.2. The van der Waals surface area contributed by atoms with Crippen LogP contribution >= 0.6 is 0 Å². The summed E-state index contributed by atoms with van der Waals surface area (Å²) in [5.41, 5.74) is 4.52. The van der Waals surface area contributed by atoms with E-state index in [9.17, 15) is 9.59 Å². The van der Waals surface area contributed by atoms with Gasteiger partial charge in [-0.2, -0.15) is 4.98 Å². The monoisotopic (exact) mass is 452 g/mol. The molecule has 170 valence electrons. The van der Waals surface area contributed by atoms with Crippen molar-refractivity contribution in [3.8, 4) is 22.8 Å². The fraction of sp³-hybridized carbons (Fsp3) is 0.185. The Morgan fingerprint density at radius 2 is 1.71 bits per heavy atom. The van der Waals surface area contributed by atoms with Crippen LogP contribution in [-0.2, 0) is 16.1 Å². The van der Waals surface area contributed by atoms with Crippen LogP contribution in [0.2, 0.25) is 0 Å². The normalized spacial score (nSPS) is 15.5. The third-order valence-electron chi connectivity index (χ3n) is 5.94. The second-order valence-corrected chi connectivity index (χ2v) is 8.52. The molecule has 1 N–H and O–H groups in total. The molecule has 1 atom stereocenters. The summed E-state index contributed by atoms with van der Waals surface area (Å²) in [5, 5.41) is 6.99. The molecule has 1 fully saturated rings. The minimum absolute atomic E-state index is 0.000116. The van der Waals surface area contributed by atoms with Gasteiger partial charge in [-0.15, -0.1) is 0 Å². The highest BCUT2D eigenvalue weighted by molar-refractivity contribution is 5.97. The van der Waals surface area contributed by atoms with Crippen molar-refractivity contribution in [2.45, 2.75) is 19.9 Å². The molecule has 3 aromatic carbocycles. The number of aromatic nitrogens is 2. The van der Waals surface area contributed by atoms with Crippen molar-refractivity contribution >= 4 is 17.5 Å². The number of hydrogen-bond acceptors (Lipinski definition) is 5. The van der Waals surface area contributed by atoms with Gasteiger partial charge < -0.3 is 14.7 Å². The summed E-state index contributed by atoms with van der Waals surface area (Å²) in [4.78, 5) is 31.4. The van der Waals surface area contributed by atoms with Gasteiger partial charge >= 0.3 is 0 Å². The maximum Gasteiger partial charge on any atom is 0.258 e.